The van der Waals surface area contributed by atoms with Gasteiger partial charge in [-0.05, 0) is 55.6 Å². The minimum atomic E-state index is -3.59. The maximum atomic E-state index is 13.6. The van der Waals surface area contributed by atoms with Crippen molar-refractivity contribution >= 4 is 55.0 Å². The van der Waals surface area contributed by atoms with E-state index in [0.29, 0.717) is 36.9 Å². The van der Waals surface area contributed by atoms with Gasteiger partial charge in [0.25, 0.3) is 5.91 Å². The van der Waals surface area contributed by atoms with Crippen molar-refractivity contribution in [1.29, 1.82) is 0 Å². The molecule has 198 valence electrons. The first-order chi connectivity index (χ1) is 16.8. The van der Waals surface area contributed by atoms with Crippen LogP contribution in [0.4, 0.5) is 5.13 Å². The van der Waals surface area contributed by atoms with Gasteiger partial charge in [0, 0.05) is 31.7 Å². The number of fused-ring (bicyclic) bond motifs is 1. The number of rotatable bonds is 12. The first kappa shape index (κ1) is 30.0. The summed E-state index contributed by atoms with van der Waals surface area (Å²) in [6.45, 7) is 11.5. The summed E-state index contributed by atoms with van der Waals surface area (Å²) >= 11 is 1.43. The molecule has 0 aliphatic carbocycles. The number of hydrogen-bond acceptors (Lipinski definition) is 7. The Bertz CT molecular complexity index is 1240. The van der Waals surface area contributed by atoms with Crippen LogP contribution in [0.25, 0.3) is 10.2 Å². The summed E-state index contributed by atoms with van der Waals surface area (Å²) in [5.74, 6) is 0.522. The Kier molecular flexibility index (Phi) is 11.1. The zero-order chi connectivity index (χ0) is 25.6. The summed E-state index contributed by atoms with van der Waals surface area (Å²) in [5.41, 5.74) is 1.21. The molecule has 0 bridgehead atoms. The molecule has 0 fully saturated rings. The van der Waals surface area contributed by atoms with Crippen molar-refractivity contribution in [3.8, 4) is 5.75 Å². The molecule has 0 saturated heterocycles. The molecule has 0 radical (unpaired) electrons. The largest absolute Gasteiger partial charge is 0.497 e. The molecule has 8 nitrogen and oxygen atoms in total. The molecule has 2 aromatic carbocycles. The molecule has 0 unspecified atom stereocenters. The maximum absolute atomic E-state index is 13.6. The Labute approximate surface area is 224 Å². The van der Waals surface area contributed by atoms with Crippen LogP contribution in [0, 0.1) is 0 Å². The second-order valence-electron chi connectivity index (χ2n) is 7.93. The molecule has 0 aliphatic rings. The smallest absolute Gasteiger partial charge is 0.260 e. The minimum Gasteiger partial charge on any atom is -0.497 e. The van der Waals surface area contributed by atoms with E-state index >= 15 is 0 Å². The molecule has 0 saturated carbocycles. The lowest BCUT2D eigenvalue weighted by Gasteiger charge is -2.25. The summed E-state index contributed by atoms with van der Waals surface area (Å²) in [5, 5.41) is 0.602. The highest BCUT2D eigenvalue weighted by Gasteiger charge is 2.25. The Morgan fingerprint density at radius 3 is 2.14 bits per heavy atom. The molecule has 1 amide bonds. The molecule has 1 aromatic heterocycles. The van der Waals surface area contributed by atoms with E-state index in [1.807, 2.05) is 18.2 Å². The number of hydrogen-bond donors (Lipinski definition) is 0. The average molecular weight is 555 g/mol. The number of sulfonamides is 1. The number of methoxy groups -OCH3 is 1. The molecule has 3 rings (SSSR count). The third-order valence-electron chi connectivity index (χ3n) is 6.04. The summed E-state index contributed by atoms with van der Waals surface area (Å²) < 4.78 is 33.3. The molecule has 0 N–H and O–H groups in total. The van der Waals surface area contributed by atoms with Crippen LogP contribution in [0.5, 0.6) is 5.75 Å². The monoisotopic (exact) mass is 554 g/mol. The average Bonchev–Trinajstić information content (AvgIpc) is 3.30. The zero-order valence-corrected chi connectivity index (χ0v) is 23.9. The lowest BCUT2D eigenvalue weighted by molar-refractivity contribution is 0.0983. The van der Waals surface area contributed by atoms with E-state index in [4.69, 9.17) is 9.72 Å². The van der Waals surface area contributed by atoms with E-state index in [-0.39, 0.29) is 23.2 Å². The SMILES string of the molecule is CCN(CC)CCN(C(=O)c1ccc(S(=O)(=O)N(CC)CC)cc1)c1nc2ccc(OC)cc2s1.Cl. The second-order valence-corrected chi connectivity index (χ2v) is 10.9. The molecule has 11 heteroatoms. The Morgan fingerprint density at radius 2 is 1.58 bits per heavy atom. The standard InChI is InChI=1S/C25H34N4O4S2.ClH/c1-6-27(7-2)16-17-29(25-26-22-15-12-20(33-5)18-23(22)34-25)24(30)19-10-13-21(14-11-19)35(31,32)28(8-3)9-4;/h10-15,18H,6-9,16-17H2,1-5H3;1H. The number of benzene rings is 2. The van der Waals surface area contributed by atoms with Gasteiger partial charge in [0.2, 0.25) is 10.0 Å². The van der Waals surface area contributed by atoms with Crippen LogP contribution in [0.15, 0.2) is 47.4 Å². The fraction of sp³-hybridized carbons (Fsp3) is 0.440. The second kappa shape index (κ2) is 13.3. The summed E-state index contributed by atoms with van der Waals surface area (Å²) in [6, 6.07) is 11.8. The van der Waals surface area contributed by atoms with Crippen LogP contribution in [-0.2, 0) is 10.0 Å². The van der Waals surface area contributed by atoms with Gasteiger partial charge in [0.1, 0.15) is 5.75 Å². The highest BCUT2D eigenvalue weighted by molar-refractivity contribution is 7.89. The van der Waals surface area contributed by atoms with E-state index in [0.717, 1.165) is 29.1 Å². The number of thiazole rings is 1. The van der Waals surface area contributed by atoms with Crippen LogP contribution < -0.4 is 9.64 Å². The Balaban J connectivity index is 0.00000456. The van der Waals surface area contributed by atoms with Crippen molar-refractivity contribution in [2.75, 3.05) is 51.3 Å². The fourth-order valence-corrected chi connectivity index (χ4v) is 6.31. The number of likely N-dealkylation sites (N-methyl/N-ethyl adjacent to an activating group) is 1. The molecule has 3 aromatic rings. The van der Waals surface area contributed by atoms with Gasteiger partial charge in [0.05, 0.1) is 22.2 Å². The number of amides is 1. The molecular formula is C25H35ClN4O4S2. The highest BCUT2D eigenvalue weighted by Crippen LogP contribution is 2.32. The molecule has 1 heterocycles. The highest BCUT2D eigenvalue weighted by atomic mass is 35.5. The molecule has 0 atom stereocenters. The predicted molar refractivity (Wildman–Crippen MR) is 149 cm³/mol. The third kappa shape index (κ3) is 6.54. The van der Waals surface area contributed by atoms with E-state index < -0.39 is 10.0 Å². The summed E-state index contributed by atoms with van der Waals surface area (Å²) in [4.78, 5) is 22.5. The van der Waals surface area contributed by atoms with Gasteiger partial charge in [-0.2, -0.15) is 4.31 Å². The van der Waals surface area contributed by atoms with Crippen LogP contribution in [-0.4, -0.2) is 74.9 Å². The quantitative estimate of drug-likeness (QED) is 0.321. The van der Waals surface area contributed by atoms with Gasteiger partial charge in [-0.15, -0.1) is 12.4 Å². The first-order valence-corrected chi connectivity index (χ1v) is 14.1. The van der Waals surface area contributed by atoms with E-state index in [1.54, 1.807) is 38.0 Å². The van der Waals surface area contributed by atoms with Gasteiger partial charge < -0.3 is 9.64 Å². The molecule has 0 spiro atoms. The number of halogens is 1. The predicted octanol–water partition coefficient (Wildman–Crippen LogP) is 4.75. The summed E-state index contributed by atoms with van der Waals surface area (Å²) in [7, 11) is -1.97. The lowest BCUT2D eigenvalue weighted by Crippen LogP contribution is -2.39. The van der Waals surface area contributed by atoms with Gasteiger partial charge in [-0.3, -0.25) is 9.69 Å². The molecular weight excluding hydrogens is 520 g/mol. The summed E-state index contributed by atoms with van der Waals surface area (Å²) in [6.07, 6.45) is 0. The fourth-order valence-electron chi connectivity index (χ4n) is 3.84. The lowest BCUT2D eigenvalue weighted by atomic mass is 10.2. The minimum absolute atomic E-state index is 0. The zero-order valence-electron chi connectivity index (χ0n) is 21.4. The number of carbonyl (C=O) groups is 1. The van der Waals surface area contributed by atoms with Crippen molar-refractivity contribution < 1.29 is 17.9 Å². The Morgan fingerprint density at radius 1 is 0.944 bits per heavy atom. The van der Waals surface area contributed by atoms with Gasteiger partial charge in [-0.25, -0.2) is 13.4 Å². The number of aromatic nitrogens is 1. The van der Waals surface area contributed by atoms with Gasteiger partial charge in [-0.1, -0.05) is 39.0 Å². The van der Waals surface area contributed by atoms with Crippen molar-refractivity contribution in [3.05, 3.63) is 48.0 Å². The normalized spacial score (nSPS) is 11.6. The maximum Gasteiger partial charge on any atom is 0.260 e. The van der Waals surface area contributed by atoms with Crippen LogP contribution in [0.1, 0.15) is 38.1 Å². The van der Waals surface area contributed by atoms with E-state index in [1.165, 1.54) is 27.8 Å². The van der Waals surface area contributed by atoms with E-state index in [9.17, 15) is 13.2 Å². The number of carbonyl (C=O) groups excluding carboxylic acids is 1. The van der Waals surface area contributed by atoms with Crippen molar-refractivity contribution in [2.45, 2.75) is 32.6 Å². The van der Waals surface area contributed by atoms with Crippen molar-refractivity contribution in [3.63, 3.8) is 0 Å². The van der Waals surface area contributed by atoms with Crippen molar-refractivity contribution in [2.24, 2.45) is 0 Å². The number of nitrogens with zero attached hydrogens (tertiary/aromatic N) is 4. The number of ether oxygens (including phenoxy) is 1. The van der Waals surface area contributed by atoms with Crippen molar-refractivity contribution in [1.82, 2.24) is 14.2 Å². The topological polar surface area (TPSA) is 83.1 Å². The Hall–Kier alpha value is -2.24. The first-order valence-electron chi connectivity index (χ1n) is 11.9. The number of anilines is 1. The van der Waals surface area contributed by atoms with Gasteiger partial charge in [0.15, 0.2) is 5.13 Å². The van der Waals surface area contributed by atoms with Gasteiger partial charge >= 0.3 is 0 Å². The van der Waals surface area contributed by atoms with Crippen LogP contribution >= 0.6 is 23.7 Å². The van der Waals surface area contributed by atoms with Crippen LogP contribution in [0.2, 0.25) is 0 Å². The molecule has 36 heavy (non-hydrogen) atoms. The molecule has 0 aliphatic heterocycles. The van der Waals surface area contributed by atoms with Crippen LogP contribution in [0.3, 0.4) is 0 Å². The third-order valence-corrected chi connectivity index (χ3v) is 9.14. The van der Waals surface area contributed by atoms with E-state index in [2.05, 4.69) is 18.7 Å².